The van der Waals surface area contributed by atoms with Crippen molar-refractivity contribution in [3.05, 3.63) is 41.2 Å². The van der Waals surface area contributed by atoms with Crippen molar-refractivity contribution in [2.24, 2.45) is 0 Å². The molecule has 23 heavy (non-hydrogen) atoms. The predicted molar refractivity (Wildman–Crippen MR) is 83.4 cm³/mol. The van der Waals surface area contributed by atoms with E-state index in [-0.39, 0.29) is 5.69 Å². The third-order valence-corrected chi connectivity index (χ3v) is 4.18. The molecule has 0 aliphatic carbocycles. The van der Waals surface area contributed by atoms with Gasteiger partial charge in [0.2, 0.25) is 0 Å². The third-order valence-electron chi connectivity index (χ3n) is 4.18. The molecule has 120 valence electrons. The zero-order valence-electron chi connectivity index (χ0n) is 13.1. The van der Waals surface area contributed by atoms with E-state index in [4.69, 9.17) is 4.74 Å². The number of aromatic carboxylic acids is 1. The van der Waals surface area contributed by atoms with Crippen LogP contribution in [0.25, 0.3) is 11.4 Å². The number of carbonyl (C=O) groups is 2. The van der Waals surface area contributed by atoms with Crippen LogP contribution < -0.4 is 0 Å². The summed E-state index contributed by atoms with van der Waals surface area (Å²) >= 11 is 0. The molecule has 0 fully saturated rings. The van der Waals surface area contributed by atoms with Crippen LogP contribution in [-0.4, -0.2) is 33.7 Å². The number of hydrogen-bond acceptors (Lipinski definition) is 4. The number of nitrogens with zero attached hydrogens (tertiary/aromatic N) is 2. The Kier molecular flexibility index (Phi) is 3.90. The number of imidazole rings is 1. The lowest BCUT2D eigenvalue weighted by molar-refractivity contribution is -0.143. The maximum Gasteiger partial charge on any atom is 0.356 e. The molecule has 1 aromatic carbocycles. The molecule has 6 heteroatoms. The first-order valence-corrected chi connectivity index (χ1v) is 7.51. The number of aromatic nitrogens is 2. The van der Waals surface area contributed by atoms with Crippen molar-refractivity contribution >= 4 is 11.9 Å². The van der Waals surface area contributed by atoms with Gasteiger partial charge in [-0.25, -0.2) is 9.78 Å². The highest BCUT2D eigenvalue weighted by molar-refractivity contribution is 5.91. The first-order chi connectivity index (χ1) is 11.0. The maximum absolute atomic E-state index is 12.0. The van der Waals surface area contributed by atoms with Gasteiger partial charge in [-0.2, -0.15) is 0 Å². The van der Waals surface area contributed by atoms with Gasteiger partial charge in [0.25, 0.3) is 0 Å². The van der Waals surface area contributed by atoms with Crippen LogP contribution in [0.4, 0.5) is 0 Å². The van der Waals surface area contributed by atoms with Crippen molar-refractivity contribution in [3.8, 4) is 11.4 Å². The molecule has 1 aliphatic rings. The SMILES string of the molecule is COC(=O)C1CCCn2c(-c3cccc(C)c3)nc(C(=O)O)c21. The summed E-state index contributed by atoms with van der Waals surface area (Å²) in [4.78, 5) is 28.0. The standard InChI is InChI=1S/C17H18N2O4/c1-10-5-3-6-11(9-10)15-18-13(16(20)21)14-12(17(22)23-2)7-4-8-19(14)15/h3,5-6,9,12H,4,7-8H2,1-2H3,(H,20,21). The fourth-order valence-electron chi connectivity index (χ4n) is 3.17. The largest absolute Gasteiger partial charge is 0.476 e. The smallest absolute Gasteiger partial charge is 0.356 e. The molecule has 0 saturated carbocycles. The third kappa shape index (κ3) is 2.60. The molecule has 0 bridgehead atoms. The summed E-state index contributed by atoms with van der Waals surface area (Å²) in [5.74, 6) is -1.52. The van der Waals surface area contributed by atoms with E-state index in [1.165, 1.54) is 7.11 Å². The van der Waals surface area contributed by atoms with E-state index >= 15 is 0 Å². The van der Waals surface area contributed by atoms with Crippen LogP contribution in [-0.2, 0) is 16.1 Å². The molecule has 6 nitrogen and oxygen atoms in total. The number of rotatable bonds is 3. The van der Waals surface area contributed by atoms with Crippen LogP contribution in [0.3, 0.4) is 0 Å². The van der Waals surface area contributed by atoms with Gasteiger partial charge < -0.3 is 14.4 Å². The molecule has 1 aliphatic heterocycles. The summed E-state index contributed by atoms with van der Waals surface area (Å²) in [6.45, 7) is 2.62. The fraction of sp³-hybridized carbons (Fsp3) is 0.353. The van der Waals surface area contributed by atoms with Crippen LogP contribution in [0.5, 0.6) is 0 Å². The number of esters is 1. The second-order valence-electron chi connectivity index (χ2n) is 5.71. The van der Waals surface area contributed by atoms with E-state index in [1.54, 1.807) is 0 Å². The average Bonchev–Trinajstić information content (AvgIpc) is 2.94. The van der Waals surface area contributed by atoms with Crippen LogP contribution >= 0.6 is 0 Å². The van der Waals surface area contributed by atoms with Crippen LogP contribution in [0.1, 0.15) is 40.5 Å². The lowest BCUT2D eigenvalue weighted by atomic mass is 9.94. The highest BCUT2D eigenvalue weighted by Gasteiger charge is 2.35. The van der Waals surface area contributed by atoms with Crippen LogP contribution in [0, 0.1) is 6.92 Å². The van der Waals surface area contributed by atoms with Crippen LogP contribution in [0.2, 0.25) is 0 Å². The minimum Gasteiger partial charge on any atom is -0.476 e. The van der Waals surface area contributed by atoms with Gasteiger partial charge in [0, 0.05) is 12.1 Å². The van der Waals surface area contributed by atoms with Gasteiger partial charge in [0.15, 0.2) is 5.69 Å². The van der Waals surface area contributed by atoms with Gasteiger partial charge in [-0.1, -0.05) is 23.8 Å². The van der Waals surface area contributed by atoms with Crippen molar-refractivity contribution in [3.63, 3.8) is 0 Å². The maximum atomic E-state index is 12.0. The highest BCUT2D eigenvalue weighted by atomic mass is 16.5. The molecule has 1 aromatic heterocycles. The minimum atomic E-state index is -1.12. The number of ether oxygens (including phenoxy) is 1. The minimum absolute atomic E-state index is 0.0587. The number of benzene rings is 1. The van der Waals surface area contributed by atoms with E-state index in [0.717, 1.165) is 17.5 Å². The Morgan fingerprint density at radius 1 is 1.39 bits per heavy atom. The van der Waals surface area contributed by atoms with Gasteiger partial charge in [-0.15, -0.1) is 0 Å². The van der Waals surface area contributed by atoms with Gasteiger partial charge >= 0.3 is 11.9 Å². The first kappa shape index (κ1) is 15.3. The number of carbonyl (C=O) groups excluding carboxylic acids is 1. The summed E-state index contributed by atoms with van der Waals surface area (Å²) in [5.41, 5.74) is 2.31. The average molecular weight is 314 g/mol. The zero-order chi connectivity index (χ0) is 16.6. The van der Waals surface area contributed by atoms with Gasteiger partial charge in [0.1, 0.15) is 5.82 Å². The normalized spacial score (nSPS) is 16.7. The van der Waals surface area contributed by atoms with Gasteiger partial charge in [-0.3, -0.25) is 4.79 Å². The van der Waals surface area contributed by atoms with Crippen molar-refractivity contribution in [1.29, 1.82) is 0 Å². The van der Waals surface area contributed by atoms with E-state index in [9.17, 15) is 14.7 Å². The quantitative estimate of drug-likeness (QED) is 0.881. The summed E-state index contributed by atoms with van der Waals surface area (Å²) < 4.78 is 6.69. The summed E-state index contributed by atoms with van der Waals surface area (Å²) in [7, 11) is 1.32. The molecular weight excluding hydrogens is 296 g/mol. The molecule has 2 aromatic rings. The Balaban J connectivity index is 2.21. The first-order valence-electron chi connectivity index (χ1n) is 7.51. The van der Waals surface area contributed by atoms with E-state index < -0.39 is 17.9 Å². The lowest BCUT2D eigenvalue weighted by Crippen LogP contribution is -2.25. The lowest BCUT2D eigenvalue weighted by Gasteiger charge is -2.24. The Bertz CT molecular complexity index is 779. The second kappa shape index (κ2) is 5.87. The topological polar surface area (TPSA) is 81.4 Å². The molecule has 3 rings (SSSR count). The summed E-state index contributed by atoms with van der Waals surface area (Å²) in [6, 6.07) is 7.74. The summed E-state index contributed by atoms with van der Waals surface area (Å²) in [6.07, 6.45) is 1.35. The molecule has 0 radical (unpaired) electrons. The Labute approximate surface area is 133 Å². The molecule has 0 spiro atoms. The number of carboxylic acids is 1. The number of fused-ring (bicyclic) bond motifs is 1. The molecule has 1 N–H and O–H groups in total. The molecule has 0 amide bonds. The number of methoxy groups -OCH3 is 1. The second-order valence-corrected chi connectivity index (χ2v) is 5.71. The fourth-order valence-corrected chi connectivity index (χ4v) is 3.17. The Morgan fingerprint density at radius 3 is 2.83 bits per heavy atom. The van der Waals surface area contributed by atoms with Gasteiger partial charge in [0.05, 0.1) is 18.7 Å². The van der Waals surface area contributed by atoms with Crippen molar-refractivity contribution in [1.82, 2.24) is 9.55 Å². The zero-order valence-corrected chi connectivity index (χ0v) is 13.1. The molecule has 2 heterocycles. The van der Waals surface area contributed by atoms with E-state index in [2.05, 4.69) is 4.98 Å². The molecule has 0 saturated heterocycles. The van der Waals surface area contributed by atoms with E-state index in [0.29, 0.717) is 24.5 Å². The number of carboxylic acid groups (broad SMARTS) is 1. The van der Waals surface area contributed by atoms with Crippen molar-refractivity contribution < 1.29 is 19.4 Å². The highest BCUT2D eigenvalue weighted by Crippen LogP contribution is 2.35. The molecule has 1 unspecified atom stereocenters. The Hall–Kier alpha value is -2.63. The Morgan fingerprint density at radius 2 is 2.17 bits per heavy atom. The summed E-state index contributed by atoms with van der Waals surface area (Å²) in [5, 5.41) is 9.50. The van der Waals surface area contributed by atoms with Crippen LogP contribution in [0.15, 0.2) is 24.3 Å². The van der Waals surface area contributed by atoms with Gasteiger partial charge in [-0.05, 0) is 25.8 Å². The van der Waals surface area contributed by atoms with Crippen molar-refractivity contribution in [2.75, 3.05) is 7.11 Å². The molecule has 1 atom stereocenters. The number of hydrogen-bond donors (Lipinski definition) is 1. The predicted octanol–water partition coefficient (Wildman–Crippen LogP) is 2.61. The molecular formula is C17H18N2O4. The van der Waals surface area contributed by atoms with Crippen molar-refractivity contribution in [2.45, 2.75) is 32.2 Å². The number of aryl methyl sites for hydroxylation is 1. The van der Waals surface area contributed by atoms with E-state index in [1.807, 2.05) is 35.8 Å². The monoisotopic (exact) mass is 314 g/mol.